The number of nitrogens with zero attached hydrogens (tertiary/aromatic N) is 2. The Balaban J connectivity index is 1.75. The number of imidazole rings is 1. The molecule has 100 valence electrons. The summed E-state index contributed by atoms with van der Waals surface area (Å²) < 4.78 is 0. The van der Waals surface area contributed by atoms with E-state index in [1.54, 1.807) is 17.8 Å². The SMILES string of the molecule is O=[N+]([O-])c1ccc2nc(SC[C@H]3CCNC3)[nH]c2c1. The number of nitro benzene ring substituents is 1. The topological polar surface area (TPSA) is 83.8 Å². The number of non-ortho nitro benzene ring substituents is 1. The van der Waals surface area contributed by atoms with E-state index in [9.17, 15) is 10.1 Å². The third-order valence-electron chi connectivity index (χ3n) is 3.27. The first-order chi connectivity index (χ1) is 9.22. The van der Waals surface area contributed by atoms with Crippen LogP contribution in [0.4, 0.5) is 5.69 Å². The second-order valence-corrected chi connectivity index (χ2v) is 5.68. The number of fused-ring (bicyclic) bond motifs is 1. The lowest BCUT2D eigenvalue weighted by atomic mass is 10.2. The fraction of sp³-hybridized carbons (Fsp3) is 0.417. The van der Waals surface area contributed by atoms with Gasteiger partial charge in [-0.3, -0.25) is 10.1 Å². The summed E-state index contributed by atoms with van der Waals surface area (Å²) in [5.74, 6) is 1.71. The van der Waals surface area contributed by atoms with Crippen molar-refractivity contribution in [1.29, 1.82) is 0 Å². The van der Waals surface area contributed by atoms with E-state index in [4.69, 9.17) is 0 Å². The molecule has 0 amide bonds. The molecule has 1 saturated heterocycles. The van der Waals surface area contributed by atoms with Crippen LogP contribution in [0.3, 0.4) is 0 Å². The summed E-state index contributed by atoms with van der Waals surface area (Å²) in [6.45, 7) is 2.16. The number of nitrogens with one attached hydrogen (secondary N) is 2. The Labute approximate surface area is 114 Å². The molecule has 0 saturated carbocycles. The molecule has 1 fully saturated rings. The Morgan fingerprint density at radius 2 is 2.42 bits per heavy atom. The molecule has 2 aromatic rings. The van der Waals surface area contributed by atoms with E-state index < -0.39 is 4.92 Å². The molecule has 1 aliphatic heterocycles. The summed E-state index contributed by atoms with van der Waals surface area (Å²) in [5, 5.41) is 14.9. The van der Waals surface area contributed by atoms with Crippen molar-refractivity contribution in [1.82, 2.24) is 15.3 Å². The van der Waals surface area contributed by atoms with Crippen molar-refractivity contribution in [3.05, 3.63) is 28.3 Å². The Morgan fingerprint density at radius 1 is 1.53 bits per heavy atom. The average Bonchev–Trinajstić information content (AvgIpc) is 3.04. The minimum atomic E-state index is -0.392. The van der Waals surface area contributed by atoms with Crippen LogP contribution in [-0.2, 0) is 0 Å². The third kappa shape index (κ3) is 2.71. The molecule has 7 heteroatoms. The maximum absolute atomic E-state index is 10.7. The number of thioether (sulfide) groups is 1. The van der Waals surface area contributed by atoms with Gasteiger partial charge < -0.3 is 10.3 Å². The summed E-state index contributed by atoms with van der Waals surface area (Å²) in [5.41, 5.74) is 1.59. The van der Waals surface area contributed by atoms with E-state index in [1.807, 2.05) is 0 Å². The lowest BCUT2D eigenvalue weighted by molar-refractivity contribution is -0.384. The first kappa shape index (κ1) is 12.4. The molecular weight excluding hydrogens is 264 g/mol. The number of nitro groups is 1. The molecule has 0 unspecified atom stereocenters. The van der Waals surface area contributed by atoms with Gasteiger partial charge in [-0.15, -0.1) is 0 Å². The molecule has 0 radical (unpaired) electrons. The summed E-state index contributed by atoms with van der Waals surface area (Å²) >= 11 is 1.68. The minimum Gasteiger partial charge on any atom is -0.333 e. The number of benzene rings is 1. The average molecular weight is 278 g/mol. The lowest BCUT2D eigenvalue weighted by Gasteiger charge is -2.04. The van der Waals surface area contributed by atoms with Gasteiger partial charge in [0, 0.05) is 17.9 Å². The van der Waals surface area contributed by atoms with Crippen molar-refractivity contribution < 1.29 is 4.92 Å². The predicted molar refractivity (Wildman–Crippen MR) is 74.4 cm³/mol. The summed E-state index contributed by atoms with van der Waals surface area (Å²) in [6.07, 6.45) is 1.21. The lowest BCUT2D eigenvalue weighted by Crippen LogP contribution is -2.10. The van der Waals surface area contributed by atoms with E-state index in [0.29, 0.717) is 5.92 Å². The molecule has 1 aromatic carbocycles. The van der Waals surface area contributed by atoms with E-state index >= 15 is 0 Å². The predicted octanol–water partition coefficient (Wildman–Crippen LogP) is 2.17. The van der Waals surface area contributed by atoms with Gasteiger partial charge in [0.05, 0.1) is 16.0 Å². The normalized spacial score (nSPS) is 19.1. The number of hydrogen-bond acceptors (Lipinski definition) is 5. The molecule has 0 aliphatic carbocycles. The van der Waals surface area contributed by atoms with Crippen LogP contribution in [0.25, 0.3) is 11.0 Å². The van der Waals surface area contributed by atoms with Gasteiger partial charge in [-0.2, -0.15) is 0 Å². The zero-order valence-electron chi connectivity index (χ0n) is 10.3. The van der Waals surface area contributed by atoms with Crippen molar-refractivity contribution in [2.45, 2.75) is 11.6 Å². The van der Waals surface area contributed by atoms with Crippen molar-refractivity contribution >= 4 is 28.5 Å². The van der Waals surface area contributed by atoms with Crippen molar-refractivity contribution in [2.75, 3.05) is 18.8 Å². The highest BCUT2D eigenvalue weighted by Crippen LogP contribution is 2.25. The molecule has 6 nitrogen and oxygen atoms in total. The standard InChI is InChI=1S/C12H14N4O2S/c17-16(18)9-1-2-10-11(5-9)15-12(14-10)19-7-8-3-4-13-6-8/h1-2,5,8,13H,3-4,6-7H2,(H,14,15)/t8-/m0/s1. The molecule has 1 atom stereocenters. The first-order valence-electron chi connectivity index (χ1n) is 6.20. The Kier molecular flexibility index (Phi) is 3.39. The Morgan fingerprint density at radius 3 is 3.16 bits per heavy atom. The van der Waals surface area contributed by atoms with Crippen molar-refractivity contribution in [2.24, 2.45) is 5.92 Å². The molecular formula is C12H14N4O2S. The number of aromatic amines is 1. The van der Waals surface area contributed by atoms with Gasteiger partial charge in [0.25, 0.3) is 5.69 Å². The molecule has 0 spiro atoms. The number of H-pyrrole nitrogens is 1. The molecule has 3 rings (SSSR count). The number of rotatable bonds is 4. The largest absolute Gasteiger partial charge is 0.333 e. The third-order valence-corrected chi connectivity index (χ3v) is 4.38. The highest BCUT2D eigenvalue weighted by atomic mass is 32.2. The zero-order chi connectivity index (χ0) is 13.2. The number of hydrogen-bond donors (Lipinski definition) is 2. The summed E-state index contributed by atoms with van der Waals surface area (Å²) in [7, 11) is 0. The van der Waals surface area contributed by atoms with Crippen LogP contribution in [0.2, 0.25) is 0 Å². The zero-order valence-corrected chi connectivity index (χ0v) is 11.1. The Hall–Kier alpha value is -1.60. The molecule has 2 N–H and O–H groups in total. The van der Waals surface area contributed by atoms with Crippen LogP contribution < -0.4 is 5.32 Å². The van der Waals surface area contributed by atoms with E-state index in [1.165, 1.54) is 18.6 Å². The quantitative estimate of drug-likeness (QED) is 0.508. The monoisotopic (exact) mass is 278 g/mol. The van der Waals surface area contributed by atoms with Crippen molar-refractivity contribution in [3.8, 4) is 0 Å². The number of aromatic nitrogens is 2. The highest BCUT2D eigenvalue weighted by molar-refractivity contribution is 7.99. The van der Waals surface area contributed by atoms with E-state index in [2.05, 4.69) is 15.3 Å². The fourth-order valence-corrected chi connectivity index (χ4v) is 3.23. The maximum atomic E-state index is 10.7. The first-order valence-corrected chi connectivity index (χ1v) is 7.18. The second-order valence-electron chi connectivity index (χ2n) is 4.67. The smallest absolute Gasteiger partial charge is 0.271 e. The van der Waals surface area contributed by atoms with Gasteiger partial charge >= 0.3 is 0 Å². The molecule has 2 heterocycles. The highest BCUT2D eigenvalue weighted by Gasteiger charge is 2.16. The van der Waals surface area contributed by atoms with Gasteiger partial charge in [-0.25, -0.2) is 4.98 Å². The van der Waals surface area contributed by atoms with Gasteiger partial charge in [0.15, 0.2) is 5.16 Å². The Bertz CT molecular complexity index is 607. The summed E-state index contributed by atoms with van der Waals surface area (Å²) in [6, 6.07) is 4.70. The van der Waals surface area contributed by atoms with Crippen LogP contribution in [-0.4, -0.2) is 33.7 Å². The molecule has 0 bridgehead atoms. The van der Waals surface area contributed by atoms with E-state index in [-0.39, 0.29) is 5.69 Å². The van der Waals surface area contributed by atoms with Crippen LogP contribution in [0.15, 0.2) is 23.4 Å². The minimum absolute atomic E-state index is 0.0905. The second kappa shape index (κ2) is 5.18. The molecule has 1 aliphatic rings. The van der Waals surface area contributed by atoms with Crippen LogP contribution in [0, 0.1) is 16.0 Å². The van der Waals surface area contributed by atoms with Crippen molar-refractivity contribution in [3.63, 3.8) is 0 Å². The van der Waals surface area contributed by atoms with Gasteiger partial charge in [-0.1, -0.05) is 11.8 Å². The van der Waals surface area contributed by atoms with E-state index in [0.717, 1.165) is 35.0 Å². The van der Waals surface area contributed by atoms with Crippen LogP contribution in [0.5, 0.6) is 0 Å². The van der Waals surface area contributed by atoms with Gasteiger partial charge in [0.1, 0.15) is 0 Å². The summed E-state index contributed by atoms with van der Waals surface area (Å²) in [4.78, 5) is 17.9. The fourth-order valence-electron chi connectivity index (χ4n) is 2.21. The van der Waals surface area contributed by atoms with Crippen LogP contribution in [0.1, 0.15) is 6.42 Å². The van der Waals surface area contributed by atoms with Gasteiger partial charge in [0.2, 0.25) is 0 Å². The van der Waals surface area contributed by atoms with Gasteiger partial charge in [-0.05, 0) is 31.5 Å². The molecule has 19 heavy (non-hydrogen) atoms. The maximum Gasteiger partial charge on any atom is 0.271 e. The van der Waals surface area contributed by atoms with Crippen LogP contribution >= 0.6 is 11.8 Å². The molecule has 1 aromatic heterocycles.